The van der Waals surface area contributed by atoms with Gasteiger partial charge in [0.05, 0.1) is 12.1 Å². The van der Waals surface area contributed by atoms with Gasteiger partial charge in [-0.05, 0) is 44.9 Å². The molecule has 0 heterocycles. The highest BCUT2D eigenvalue weighted by Gasteiger charge is 2.35. The van der Waals surface area contributed by atoms with Crippen molar-refractivity contribution in [3.63, 3.8) is 0 Å². The van der Waals surface area contributed by atoms with Crippen LogP contribution in [0, 0.1) is 0 Å². The van der Waals surface area contributed by atoms with Crippen molar-refractivity contribution in [1.82, 2.24) is 9.37 Å². The summed E-state index contributed by atoms with van der Waals surface area (Å²) in [7, 11) is -1.41. The first-order valence-electron chi connectivity index (χ1n) is 7.35. The van der Waals surface area contributed by atoms with Gasteiger partial charge in [-0.25, -0.2) is 8.42 Å². The van der Waals surface area contributed by atoms with E-state index in [9.17, 15) is 13.2 Å². The number of hydrogen-bond donors (Lipinski definition) is 0. The molecule has 2 rings (SSSR count). The smallest absolute Gasteiger partial charge is 0.266 e. The number of amides is 1. The number of hydrogen-bond acceptors (Lipinski definition) is 4. The molecule has 23 heavy (non-hydrogen) atoms. The van der Waals surface area contributed by atoms with Crippen LogP contribution in [-0.2, 0) is 14.9 Å². The second kappa shape index (κ2) is 6.76. The number of rotatable bonds is 6. The van der Waals surface area contributed by atoms with Crippen molar-refractivity contribution < 1.29 is 18.0 Å². The van der Waals surface area contributed by atoms with Crippen LogP contribution in [0.3, 0.4) is 0 Å². The minimum Gasteiger partial charge on any atom is -0.333 e. The summed E-state index contributed by atoms with van der Waals surface area (Å²) in [4.78, 5) is 19.1. The van der Waals surface area contributed by atoms with Gasteiger partial charge in [0.2, 0.25) is 0 Å². The molecule has 1 amide bonds. The molecule has 0 atom stereocenters. The molecular weight excluding hydrogens is 340 g/mol. The molecule has 0 aromatic heterocycles. The van der Waals surface area contributed by atoms with Crippen LogP contribution < -0.4 is 0 Å². The molecule has 1 aliphatic carbocycles. The lowest BCUT2D eigenvalue weighted by Gasteiger charge is -2.27. The number of nitrogens with zero attached hydrogens (tertiary/aromatic N) is 2. The molecule has 8 heteroatoms. The zero-order valence-electron chi connectivity index (χ0n) is 13.6. The van der Waals surface area contributed by atoms with Gasteiger partial charge in [-0.2, -0.15) is 0 Å². The molecule has 1 aliphatic rings. The largest absolute Gasteiger partial charge is 0.333 e. The average Bonchev–Trinajstić information content (AvgIpc) is 3.30. The minimum atomic E-state index is -3.92. The van der Waals surface area contributed by atoms with Gasteiger partial charge in [0.25, 0.3) is 15.9 Å². The Morgan fingerprint density at radius 2 is 1.96 bits per heavy atom. The second-order valence-electron chi connectivity index (χ2n) is 5.78. The van der Waals surface area contributed by atoms with E-state index in [1.54, 1.807) is 11.0 Å². The monoisotopic (exact) mass is 360 g/mol. The van der Waals surface area contributed by atoms with Gasteiger partial charge < -0.3 is 4.90 Å². The third-order valence-corrected chi connectivity index (χ3v) is 5.94. The van der Waals surface area contributed by atoms with Gasteiger partial charge >= 0.3 is 0 Å². The summed E-state index contributed by atoms with van der Waals surface area (Å²) in [6, 6.07) is 4.57. The van der Waals surface area contributed by atoms with Gasteiger partial charge in [-0.1, -0.05) is 16.1 Å². The number of carbonyl (C=O) groups is 1. The standard InChI is InChI=1S/C15H21ClN2O4S/c1-10(2)18(12-6-7-12)15(19)11-5-8-13(16)14(9-11)23(20,21)17(3)22-4/h5,8-10,12H,6-7H2,1-4H3. The molecule has 0 N–H and O–H groups in total. The topological polar surface area (TPSA) is 66.9 Å². The van der Waals surface area contributed by atoms with Crippen molar-refractivity contribution in [2.75, 3.05) is 14.2 Å². The molecule has 0 bridgehead atoms. The van der Waals surface area contributed by atoms with Crippen molar-refractivity contribution in [2.24, 2.45) is 0 Å². The van der Waals surface area contributed by atoms with Crippen molar-refractivity contribution >= 4 is 27.5 Å². The second-order valence-corrected chi connectivity index (χ2v) is 8.09. The SMILES string of the molecule is CON(C)S(=O)(=O)c1cc(C(=O)N(C(C)C)C2CC2)ccc1Cl. The number of carbonyl (C=O) groups excluding carboxylic acids is 1. The number of benzene rings is 1. The van der Waals surface area contributed by atoms with E-state index in [0.29, 0.717) is 10.0 Å². The predicted octanol–water partition coefficient (Wildman–Crippen LogP) is 2.53. The molecule has 128 valence electrons. The Balaban J connectivity index is 2.42. The molecule has 0 unspecified atom stereocenters. The van der Waals surface area contributed by atoms with Crippen LogP contribution in [0.15, 0.2) is 23.1 Å². The molecular formula is C15H21ClN2O4S. The fourth-order valence-corrected chi connectivity index (χ4v) is 3.87. The summed E-state index contributed by atoms with van der Waals surface area (Å²) >= 11 is 6.02. The van der Waals surface area contributed by atoms with Crippen LogP contribution in [0.2, 0.25) is 5.02 Å². The van der Waals surface area contributed by atoms with Crippen LogP contribution in [0.1, 0.15) is 37.0 Å². The Morgan fingerprint density at radius 1 is 1.35 bits per heavy atom. The molecule has 1 fully saturated rings. The van der Waals surface area contributed by atoms with Crippen LogP contribution in [0.25, 0.3) is 0 Å². The zero-order valence-corrected chi connectivity index (χ0v) is 15.2. The molecule has 1 saturated carbocycles. The normalized spacial score (nSPS) is 15.3. The molecule has 1 aromatic rings. The molecule has 1 aromatic carbocycles. The first-order valence-corrected chi connectivity index (χ1v) is 9.17. The average molecular weight is 361 g/mol. The first-order chi connectivity index (χ1) is 10.7. The highest BCUT2D eigenvalue weighted by atomic mass is 35.5. The van der Waals surface area contributed by atoms with E-state index in [1.807, 2.05) is 13.8 Å². The predicted molar refractivity (Wildman–Crippen MR) is 87.7 cm³/mol. The Kier molecular flexibility index (Phi) is 5.35. The van der Waals surface area contributed by atoms with Crippen molar-refractivity contribution in [1.29, 1.82) is 0 Å². The van der Waals surface area contributed by atoms with Crippen molar-refractivity contribution in [3.05, 3.63) is 28.8 Å². The maximum absolute atomic E-state index is 12.7. The van der Waals surface area contributed by atoms with Crippen molar-refractivity contribution in [2.45, 2.75) is 43.7 Å². The summed E-state index contributed by atoms with van der Waals surface area (Å²) < 4.78 is 25.5. The number of halogens is 1. The molecule has 6 nitrogen and oxygen atoms in total. The van der Waals surface area contributed by atoms with Crippen LogP contribution in [0.4, 0.5) is 0 Å². The quantitative estimate of drug-likeness (QED) is 0.731. The lowest BCUT2D eigenvalue weighted by molar-refractivity contribution is -0.0258. The Morgan fingerprint density at radius 3 is 2.43 bits per heavy atom. The summed E-state index contributed by atoms with van der Waals surface area (Å²) in [5.74, 6) is -0.185. The maximum atomic E-state index is 12.7. The van der Waals surface area contributed by atoms with Gasteiger partial charge in [0.15, 0.2) is 0 Å². The van der Waals surface area contributed by atoms with E-state index in [1.165, 1.54) is 26.3 Å². The Labute approximate surface area is 142 Å². The first kappa shape index (κ1) is 18.2. The van der Waals surface area contributed by atoms with Crippen LogP contribution in [-0.4, -0.2) is 49.9 Å². The van der Waals surface area contributed by atoms with Gasteiger partial charge in [0, 0.05) is 24.7 Å². The van der Waals surface area contributed by atoms with Crippen molar-refractivity contribution in [3.8, 4) is 0 Å². The summed E-state index contributed by atoms with van der Waals surface area (Å²) in [6.45, 7) is 3.89. The van der Waals surface area contributed by atoms with Gasteiger partial charge in [0.1, 0.15) is 4.90 Å². The number of hydroxylamine groups is 1. The van der Waals surface area contributed by atoms with E-state index in [4.69, 9.17) is 16.4 Å². The summed E-state index contributed by atoms with van der Waals surface area (Å²) in [6.07, 6.45) is 1.96. The lowest BCUT2D eigenvalue weighted by atomic mass is 10.1. The summed E-state index contributed by atoms with van der Waals surface area (Å²) in [5.41, 5.74) is 0.304. The fourth-order valence-electron chi connectivity index (χ4n) is 2.39. The molecule has 0 spiro atoms. The van der Waals surface area contributed by atoms with E-state index >= 15 is 0 Å². The molecule has 0 aliphatic heterocycles. The number of sulfonamides is 1. The highest BCUT2D eigenvalue weighted by molar-refractivity contribution is 7.89. The van der Waals surface area contributed by atoms with E-state index in [-0.39, 0.29) is 27.9 Å². The zero-order chi connectivity index (χ0) is 17.4. The Bertz CT molecular complexity index is 699. The van der Waals surface area contributed by atoms with Crippen LogP contribution >= 0.6 is 11.6 Å². The fraction of sp³-hybridized carbons (Fsp3) is 0.533. The highest BCUT2D eigenvalue weighted by Crippen LogP contribution is 2.31. The van der Waals surface area contributed by atoms with E-state index in [2.05, 4.69) is 0 Å². The van der Waals surface area contributed by atoms with E-state index in [0.717, 1.165) is 12.8 Å². The summed E-state index contributed by atoms with van der Waals surface area (Å²) in [5, 5.41) is 0.0490. The van der Waals surface area contributed by atoms with E-state index < -0.39 is 10.0 Å². The minimum absolute atomic E-state index is 0.0485. The van der Waals surface area contributed by atoms with Gasteiger partial charge in [-0.15, -0.1) is 0 Å². The Hall–Kier alpha value is -1.15. The molecule has 0 radical (unpaired) electrons. The third kappa shape index (κ3) is 3.68. The maximum Gasteiger partial charge on any atom is 0.266 e. The van der Waals surface area contributed by atoms with Crippen LogP contribution in [0.5, 0.6) is 0 Å². The lowest BCUT2D eigenvalue weighted by Crippen LogP contribution is -2.38. The third-order valence-electron chi connectivity index (χ3n) is 3.78. The molecule has 0 saturated heterocycles. The van der Waals surface area contributed by atoms with Gasteiger partial charge in [-0.3, -0.25) is 9.63 Å².